The molecule has 1 aromatic carbocycles. The summed E-state index contributed by atoms with van der Waals surface area (Å²) in [6.45, 7) is 3.49. The van der Waals surface area contributed by atoms with Gasteiger partial charge >= 0.3 is 0 Å². The molecule has 0 aliphatic carbocycles. The lowest BCUT2D eigenvalue weighted by molar-refractivity contribution is 0.476. The van der Waals surface area contributed by atoms with Gasteiger partial charge in [-0.15, -0.1) is 0 Å². The van der Waals surface area contributed by atoms with E-state index in [2.05, 4.69) is 6.58 Å². The molecule has 3 nitrogen and oxygen atoms in total. The predicted octanol–water partition coefficient (Wildman–Crippen LogP) is 0.904. The van der Waals surface area contributed by atoms with Crippen LogP contribution in [0.5, 0.6) is 5.75 Å². The molecule has 0 saturated carbocycles. The lowest BCUT2D eigenvalue weighted by Crippen LogP contribution is -1.96. The topological polar surface area (TPSA) is 72.3 Å². The second-order valence-corrected chi connectivity index (χ2v) is 2.27. The van der Waals surface area contributed by atoms with Crippen molar-refractivity contribution < 1.29 is 5.11 Å². The maximum atomic E-state index is 9.30. The summed E-state index contributed by atoms with van der Waals surface area (Å²) in [7, 11) is 0. The van der Waals surface area contributed by atoms with E-state index >= 15 is 0 Å². The quantitative estimate of drug-likeness (QED) is 0.411. The van der Waals surface area contributed by atoms with Crippen molar-refractivity contribution >= 4 is 11.4 Å². The molecule has 58 valence electrons. The lowest BCUT2D eigenvalue weighted by atomic mass is 10.1. The van der Waals surface area contributed by atoms with Crippen molar-refractivity contribution in [3.8, 4) is 5.75 Å². The third-order valence-corrected chi connectivity index (χ3v) is 1.41. The number of benzene rings is 1. The van der Waals surface area contributed by atoms with Gasteiger partial charge in [0.25, 0.3) is 0 Å². The molecule has 1 rings (SSSR count). The molecule has 0 fully saturated rings. The molecule has 0 unspecified atom stereocenters. The Morgan fingerprint density at radius 3 is 2.55 bits per heavy atom. The highest BCUT2D eigenvalue weighted by Gasteiger charge is 2.03. The van der Waals surface area contributed by atoms with Crippen LogP contribution in [0.4, 0.5) is 5.69 Å². The van der Waals surface area contributed by atoms with Crippen LogP contribution in [-0.4, -0.2) is 5.11 Å². The first-order valence-corrected chi connectivity index (χ1v) is 3.15. The molecule has 5 N–H and O–H groups in total. The van der Waals surface area contributed by atoms with E-state index in [9.17, 15) is 5.11 Å². The van der Waals surface area contributed by atoms with Gasteiger partial charge in [-0.25, -0.2) is 0 Å². The van der Waals surface area contributed by atoms with E-state index < -0.39 is 0 Å². The lowest BCUT2D eigenvalue weighted by Gasteiger charge is -2.04. The summed E-state index contributed by atoms with van der Waals surface area (Å²) >= 11 is 0. The monoisotopic (exact) mass is 150 g/mol. The molecule has 3 heteroatoms. The normalized spacial score (nSPS) is 9.45. The number of rotatable bonds is 1. The van der Waals surface area contributed by atoms with Crippen LogP contribution in [0.25, 0.3) is 5.70 Å². The number of phenolic OH excluding ortho intramolecular Hbond substituents is 1. The minimum atomic E-state index is 0.000000000000000222. The van der Waals surface area contributed by atoms with Gasteiger partial charge in [-0.1, -0.05) is 12.6 Å². The van der Waals surface area contributed by atoms with E-state index in [4.69, 9.17) is 11.5 Å². The molecule has 0 atom stereocenters. The number of phenols is 1. The van der Waals surface area contributed by atoms with Crippen molar-refractivity contribution in [2.45, 2.75) is 0 Å². The van der Waals surface area contributed by atoms with E-state index in [1.807, 2.05) is 0 Å². The number of nitrogens with two attached hydrogens (primary N) is 2. The highest BCUT2D eigenvalue weighted by atomic mass is 16.3. The van der Waals surface area contributed by atoms with Crippen molar-refractivity contribution in [3.05, 3.63) is 30.3 Å². The van der Waals surface area contributed by atoms with E-state index in [-0.39, 0.29) is 5.75 Å². The van der Waals surface area contributed by atoms with Gasteiger partial charge in [-0.05, 0) is 12.1 Å². The van der Waals surface area contributed by atoms with Crippen molar-refractivity contribution in [2.24, 2.45) is 5.73 Å². The summed E-state index contributed by atoms with van der Waals surface area (Å²) in [6, 6.07) is 4.97. The SMILES string of the molecule is C=C(N)c1cccc(N)c1O. The van der Waals surface area contributed by atoms with Crippen molar-refractivity contribution in [3.63, 3.8) is 0 Å². The fourth-order valence-electron chi connectivity index (χ4n) is 0.820. The van der Waals surface area contributed by atoms with Crippen LogP contribution in [0.15, 0.2) is 24.8 Å². The largest absolute Gasteiger partial charge is 0.505 e. The van der Waals surface area contributed by atoms with Gasteiger partial charge in [0, 0.05) is 11.3 Å². The summed E-state index contributed by atoms with van der Waals surface area (Å²) in [5, 5.41) is 9.30. The average Bonchev–Trinajstić information content (AvgIpc) is 1.94. The van der Waals surface area contributed by atoms with Crippen LogP contribution in [0.1, 0.15) is 5.56 Å². The van der Waals surface area contributed by atoms with E-state index in [0.29, 0.717) is 16.9 Å². The fourth-order valence-corrected chi connectivity index (χ4v) is 0.820. The Balaban J connectivity index is 3.27. The zero-order chi connectivity index (χ0) is 8.43. The number of anilines is 1. The Bertz CT molecular complexity index is 294. The minimum absolute atomic E-state index is 0.000000000000000222. The maximum absolute atomic E-state index is 9.30. The van der Waals surface area contributed by atoms with Gasteiger partial charge < -0.3 is 16.6 Å². The Kier molecular flexibility index (Phi) is 1.72. The van der Waals surface area contributed by atoms with E-state index in [0.717, 1.165) is 0 Å². The number of nitrogen functional groups attached to an aromatic ring is 1. The number of para-hydroxylation sites is 1. The van der Waals surface area contributed by atoms with Crippen LogP contribution in [0, 0.1) is 0 Å². The molecule has 0 bridgehead atoms. The molecule has 0 aromatic heterocycles. The maximum Gasteiger partial charge on any atom is 0.147 e. The fraction of sp³-hybridized carbons (Fsp3) is 0. The zero-order valence-electron chi connectivity index (χ0n) is 6.04. The molecule has 11 heavy (non-hydrogen) atoms. The van der Waals surface area contributed by atoms with Crippen LogP contribution >= 0.6 is 0 Å². The van der Waals surface area contributed by atoms with E-state index in [1.54, 1.807) is 18.2 Å². The van der Waals surface area contributed by atoms with Crippen LogP contribution < -0.4 is 11.5 Å². The van der Waals surface area contributed by atoms with Gasteiger partial charge in [-0.2, -0.15) is 0 Å². The van der Waals surface area contributed by atoms with Crippen molar-refractivity contribution in [1.82, 2.24) is 0 Å². The van der Waals surface area contributed by atoms with Gasteiger partial charge in [0.05, 0.1) is 5.69 Å². The van der Waals surface area contributed by atoms with Gasteiger partial charge in [0.1, 0.15) is 5.75 Å². The van der Waals surface area contributed by atoms with Crippen molar-refractivity contribution in [1.29, 1.82) is 0 Å². The molecule has 0 amide bonds. The van der Waals surface area contributed by atoms with Gasteiger partial charge in [0.15, 0.2) is 0 Å². The van der Waals surface area contributed by atoms with Crippen LogP contribution in [0.3, 0.4) is 0 Å². The molecular weight excluding hydrogens is 140 g/mol. The first-order chi connectivity index (χ1) is 5.13. The number of hydrogen-bond acceptors (Lipinski definition) is 3. The smallest absolute Gasteiger partial charge is 0.147 e. The number of aromatic hydroxyl groups is 1. The molecule has 0 spiro atoms. The molecule has 0 heterocycles. The molecule has 0 radical (unpaired) electrons. The first kappa shape index (κ1) is 7.47. The standard InChI is InChI=1S/C8H10N2O/c1-5(9)6-3-2-4-7(10)8(6)11/h2-4,11H,1,9-10H2. The highest BCUT2D eigenvalue weighted by Crippen LogP contribution is 2.26. The third kappa shape index (κ3) is 1.26. The molecule has 0 aliphatic heterocycles. The second-order valence-electron chi connectivity index (χ2n) is 2.27. The summed E-state index contributed by atoms with van der Waals surface area (Å²) in [5.41, 5.74) is 11.9. The van der Waals surface area contributed by atoms with Crippen LogP contribution in [0.2, 0.25) is 0 Å². The zero-order valence-corrected chi connectivity index (χ0v) is 6.04. The predicted molar refractivity (Wildman–Crippen MR) is 45.7 cm³/mol. The Morgan fingerprint density at radius 1 is 1.45 bits per heavy atom. The van der Waals surface area contributed by atoms with Gasteiger partial charge in [0.2, 0.25) is 0 Å². The minimum Gasteiger partial charge on any atom is -0.505 e. The summed E-state index contributed by atoms with van der Waals surface area (Å²) in [4.78, 5) is 0. The summed E-state index contributed by atoms with van der Waals surface area (Å²) in [5.74, 6) is 0.000000000000000222. The summed E-state index contributed by atoms with van der Waals surface area (Å²) < 4.78 is 0. The molecular formula is C8H10N2O. The highest BCUT2D eigenvalue weighted by molar-refractivity contribution is 5.72. The first-order valence-electron chi connectivity index (χ1n) is 3.15. The summed E-state index contributed by atoms with van der Waals surface area (Å²) in [6.07, 6.45) is 0. The Morgan fingerprint density at radius 2 is 2.09 bits per heavy atom. The third-order valence-electron chi connectivity index (χ3n) is 1.41. The molecule has 0 aliphatic rings. The van der Waals surface area contributed by atoms with Gasteiger partial charge in [-0.3, -0.25) is 0 Å². The number of hydrogen-bond donors (Lipinski definition) is 3. The average molecular weight is 150 g/mol. The van der Waals surface area contributed by atoms with Crippen molar-refractivity contribution in [2.75, 3.05) is 5.73 Å². The molecule has 0 saturated heterocycles. The van der Waals surface area contributed by atoms with E-state index in [1.165, 1.54) is 0 Å². The second kappa shape index (κ2) is 2.54. The van der Waals surface area contributed by atoms with Crippen LogP contribution in [-0.2, 0) is 0 Å². The molecule has 1 aromatic rings. The Hall–Kier alpha value is -1.64. The Labute approximate surface area is 64.9 Å².